The second-order valence-electron chi connectivity index (χ2n) is 13.0. The van der Waals surface area contributed by atoms with Gasteiger partial charge in [0.25, 0.3) is 10.1 Å². The zero-order valence-electron chi connectivity index (χ0n) is 29.8. The predicted octanol–water partition coefficient (Wildman–Crippen LogP) is 0.498. The van der Waals surface area contributed by atoms with Crippen molar-refractivity contribution in [2.75, 3.05) is 5.75 Å². The molecule has 1 saturated carbocycles. The molecule has 1 aliphatic carbocycles. The topological polar surface area (TPSA) is 133 Å². The van der Waals surface area contributed by atoms with Gasteiger partial charge in [0.2, 0.25) is 0 Å². The zero-order chi connectivity index (χ0) is 39.4. The predicted molar refractivity (Wildman–Crippen MR) is 192 cm³/mol. The summed E-state index contributed by atoms with van der Waals surface area (Å²) in [5, 5.41) is 0. The van der Waals surface area contributed by atoms with Gasteiger partial charge in [-0.15, -0.1) is 0 Å². The quantitative estimate of drug-likeness (QED) is 0.102. The lowest BCUT2D eigenvalue weighted by Crippen LogP contribution is -2.64. The Bertz CT molecular complexity index is 1730. The first-order valence-corrected chi connectivity index (χ1v) is 18.7. The molecule has 21 heteroatoms. The normalized spacial score (nSPS) is 18.4. The molecule has 0 spiro atoms. The van der Waals surface area contributed by atoms with Gasteiger partial charge in [0, 0.05) is 0 Å². The minimum absolute atomic E-state index is 0.186. The molecule has 0 amide bonds. The Labute approximate surface area is 303 Å². The molecule has 0 aromatic heterocycles. The molecule has 0 heterocycles. The monoisotopic (exact) mass is 756 g/mol. The number of benzene rings is 2. The Hall–Kier alpha value is -3.34. The van der Waals surface area contributed by atoms with E-state index in [2.05, 4.69) is 4.74 Å². The van der Waals surface area contributed by atoms with Gasteiger partial charge in [0.05, 0.1) is 17.8 Å². The number of hydrogen-bond donors (Lipinski definition) is 1. The van der Waals surface area contributed by atoms with Gasteiger partial charge < -0.3 is 14.2 Å². The van der Waals surface area contributed by atoms with Gasteiger partial charge in [0.15, 0.2) is 0 Å². The molecule has 3 unspecified atom stereocenters. The van der Waals surface area contributed by atoms with Crippen LogP contribution >= 0.6 is 0 Å². The molecule has 3 atom stereocenters. The minimum atomic E-state index is -6.56. The highest BCUT2D eigenvalue weighted by atomic mass is 32.2. The second-order valence-corrected chi connectivity index (χ2v) is 14.5. The summed E-state index contributed by atoms with van der Waals surface area (Å²) in [5.41, 5.74) is -1.19. The zero-order valence-corrected chi connectivity index (χ0v) is 30.6. The highest BCUT2D eigenvalue weighted by Crippen LogP contribution is 2.48. The Kier molecular flexibility index (Phi) is 13.9. The van der Waals surface area contributed by atoms with Crippen LogP contribution in [0.2, 0.25) is 0 Å². The van der Waals surface area contributed by atoms with E-state index in [1.54, 1.807) is 13.0 Å². The van der Waals surface area contributed by atoms with Crippen LogP contribution in [0.25, 0.3) is 0 Å². The van der Waals surface area contributed by atoms with E-state index in [-0.39, 0.29) is 17.9 Å². The van der Waals surface area contributed by atoms with Crippen LogP contribution in [-0.4, -0.2) is 93.8 Å². The number of halogens is 6. The van der Waals surface area contributed by atoms with Crippen molar-refractivity contribution in [1.82, 2.24) is 0 Å². The number of hydrogen-bond acceptors (Lipinski definition) is 8. The van der Waals surface area contributed by atoms with Crippen LogP contribution in [0.5, 0.6) is 11.5 Å². The van der Waals surface area contributed by atoms with Crippen LogP contribution in [0.3, 0.4) is 0 Å². The van der Waals surface area contributed by atoms with Crippen molar-refractivity contribution in [2.45, 2.75) is 75.7 Å². The molecular weight excluding hydrogens is 716 g/mol. The fourth-order valence-electron chi connectivity index (χ4n) is 6.47. The third kappa shape index (κ3) is 9.80. The van der Waals surface area contributed by atoms with E-state index in [4.69, 9.17) is 14.0 Å². The van der Waals surface area contributed by atoms with Gasteiger partial charge in [-0.1, -0.05) is 67.0 Å². The first kappa shape index (κ1) is 43.1. The summed E-state index contributed by atoms with van der Waals surface area (Å²) >= 11 is 0. The van der Waals surface area contributed by atoms with Crippen LogP contribution in [0.4, 0.5) is 26.3 Å². The molecule has 1 N–H and O–H groups in total. The van der Waals surface area contributed by atoms with Crippen LogP contribution in [-0.2, 0) is 60.8 Å². The molecule has 0 bridgehead atoms. The van der Waals surface area contributed by atoms with Crippen molar-refractivity contribution in [3.8, 4) is 11.5 Å². The van der Waals surface area contributed by atoms with E-state index in [0.717, 1.165) is 11.1 Å². The summed E-state index contributed by atoms with van der Waals surface area (Å²) in [7, 11) is 3.28. The average molecular weight is 756 g/mol. The third-order valence-electron chi connectivity index (χ3n) is 9.36. The van der Waals surface area contributed by atoms with Gasteiger partial charge in [-0.25, -0.2) is 0 Å². The maximum atomic E-state index is 14.1. The summed E-state index contributed by atoms with van der Waals surface area (Å²) < 4.78 is 132. The summed E-state index contributed by atoms with van der Waals surface area (Å²) in [6.45, 7) is 1.69. The number of ether oxygens (including phenoxy) is 3. The van der Waals surface area contributed by atoms with Gasteiger partial charge in [-0.3, -0.25) is 18.9 Å². The van der Waals surface area contributed by atoms with Crippen molar-refractivity contribution in [3.05, 3.63) is 57.6 Å². The SMILES string of the molecule is BCc1cc(C)c(OC(=O)C2CC(C(=O)Oc3c(CB)cc(CB)cc3CB)CC(C(=O)OC(CS(=O)(=O)O)(C(F)(F)F)C(F)(F)F)C2)c(CB)c1. The van der Waals surface area contributed by atoms with E-state index < -0.39 is 82.3 Å². The maximum absolute atomic E-state index is 14.1. The molecule has 280 valence electrons. The first-order valence-electron chi connectivity index (χ1n) is 17.1. The van der Waals surface area contributed by atoms with Crippen LogP contribution < -0.4 is 9.47 Å². The molecule has 0 saturated heterocycles. The largest absolute Gasteiger partial charge is 0.438 e. The minimum Gasteiger partial charge on any atom is -0.438 e. The summed E-state index contributed by atoms with van der Waals surface area (Å²) in [5.74, 6) is -11.6. The molecule has 0 aliphatic heterocycles. The van der Waals surface area contributed by atoms with E-state index >= 15 is 0 Å². The number of esters is 3. The van der Waals surface area contributed by atoms with Crippen molar-refractivity contribution >= 4 is 67.3 Å². The Morgan fingerprint density at radius 3 is 1.40 bits per heavy atom. The van der Waals surface area contributed by atoms with Gasteiger partial charge in [0.1, 0.15) is 56.5 Å². The molecular formula is C31H39B5F6O9S. The number of rotatable bonds is 13. The first-order chi connectivity index (χ1) is 24.0. The standard InChI is InChI=1S/C31H39B5F6O9S/c1-15-2-16(9-32)3-21(11-34)24(15)49-26(43)18-6-19(27(44)50-25-22(12-35)4-17(10-33)5-23(25)13-36)8-20(7-18)28(45)51-29(30(37,38)39,31(40,41)42)14-52(46,47)48/h2-5,18-20H,6-14,32-36H2,1H3,(H,46,47,48). The molecule has 52 heavy (non-hydrogen) atoms. The van der Waals surface area contributed by atoms with E-state index in [1.807, 2.05) is 57.4 Å². The lowest BCUT2D eigenvalue weighted by Gasteiger charge is -2.38. The molecule has 9 nitrogen and oxygen atoms in total. The van der Waals surface area contributed by atoms with E-state index in [0.29, 0.717) is 53.9 Å². The fourth-order valence-corrected chi connectivity index (χ4v) is 7.37. The highest BCUT2D eigenvalue weighted by Gasteiger charge is 2.76. The fraction of sp³-hybridized carbons (Fsp3) is 0.516. The van der Waals surface area contributed by atoms with Gasteiger partial charge in [-0.2, -0.15) is 34.8 Å². The van der Waals surface area contributed by atoms with Crippen molar-refractivity contribution in [2.24, 2.45) is 17.8 Å². The lowest BCUT2D eigenvalue weighted by atomic mass is 9.75. The van der Waals surface area contributed by atoms with Crippen LogP contribution in [0.15, 0.2) is 24.3 Å². The number of alkyl halides is 6. The summed E-state index contributed by atoms with van der Waals surface area (Å²) in [4.78, 5) is 40.8. The number of carbonyl (C=O) groups is 3. The highest BCUT2D eigenvalue weighted by molar-refractivity contribution is 7.85. The Morgan fingerprint density at radius 2 is 1.04 bits per heavy atom. The van der Waals surface area contributed by atoms with E-state index in [9.17, 15) is 49.1 Å². The smallest absolute Gasteiger partial charge is 0.438 e. The van der Waals surface area contributed by atoms with Crippen molar-refractivity contribution < 1.29 is 67.9 Å². The molecule has 1 fully saturated rings. The molecule has 3 rings (SSSR count). The van der Waals surface area contributed by atoms with Crippen molar-refractivity contribution in [3.63, 3.8) is 0 Å². The maximum Gasteiger partial charge on any atom is 0.438 e. The number of carbonyl (C=O) groups excluding carboxylic acids is 3. The summed E-state index contributed by atoms with van der Waals surface area (Å²) in [6, 6.07) is 7.28. The summed E-state index contributed by atoms with van der Waals surface area (Å²) in [6.07, 6.45) is -12.2. The lowest BCUT2D eigenvalue weighted by molar-refractivity contribution is -0.362. The Morgan fingerprint density at radius 1 is 0.673 bits per heavy atom. The van der Waals surface area contributed by atoms with Gasteiger partial charge in [-0.05, 0) is 48.4 Å². The van der Waals surface area contributed by atoms with Crippen LogP contribution in [0, 0.1) is 24.7 Å². The molecule has 2 aromatic rings. The van der Waals surface area contributed by atoms with Crippen LogP contribution in [0.1, 0.15) is 52.6 Å². The molecule has 0 radical (unpaired) electrons. The van der Waals surface area contributed by atoms with Crippen molar-refractivity contribution in [1.29, 1.82) is 0 Å². The molecule has 2 aromatic carbocycles. The molecule has 1 aliphatic rings. The Balaban J connectivity index is 2.08. The average Bonchev–Trinajstić information content (AvgIpc) is 3.06. The van der Waals surface area contributed by atoms with Gasteiger partial charge >= 0.3 is 35.9 Å². The second kappa shape index (κ2) is 16.8. The number of aryl methyl sites for hydroxylation is 1. The third-order valence-corrected chi connectivity index (χ3v) is 10.1. The van der Waals surface area contributed by atoms with E-state index in [1.165, 1.54) is 0 Å².